The predicted molar refractivity (Wildman–Crippen MR) is 104 cm³/mol. The number of benzene rings is 2. The second-order valence-corrected chi connectivity index (χ2v) is 5.82. The van der Waals surface area contributed by atoms with Gasteiger partial charge in [-0.05, 0) is 23.8 Å². The van der Waals surface area contributed by atoms with E-state index in [4.69, 9.17) is 14.2 Å². The highest BCUT2D eigenvalue weighted by molar-refractivity contribution is 5.94. The van der Waals surface area contributed by atoms with Crippen LogP contribution in [0.4, 0.5) is 0 Å². The lowest BCUT2D eigenvalue weighted by molar-refractivity contribution is -0.137. The molecule has 0 aliphatic carbocycles. The van der Waals surface area contributed by atoms with Crippen molar-refractivity contribution in [3.8, 4) is 5.75 Å². The first-order chi connectivity index (χ1) is 13.6. The molecule has 0 N–H and O–H groups in total. The number of aldehydes is 1. The Morgan fingerprint density at radius 3 is 2.46 bits per heavy atom. The molecule has 28 heavy (non-hydrogen) atoms. The minimum Gasteiger partial charge on any atom is -0.493 e. The van der Waals surface area contributed by atoms with E-state index in [2.05, 4.69) is 6.58 Å². The van der Waals surface area contributed by atoms with Gasteiger partial charge < -0.3 is 14.2 Å². The maximum atomic E-state index is 12.4. The molecule has 6 nitrogen and oxygen atoms in total. The molecule has 0 fully saturated rings. The molecule has 0 saturated heterocycles. The molecular weight excluding hydrogens is 360 g/mol. The lowest BCUT2D eigenvalue weighted by Gasteiger charge is -2.12. The third kappa shape index (κ3) is 6.72. The summed E-state index contributed by atoms with van der Waals surface area (Å²) in [7, 11) is 0. The van der Waals surface area contributed by atoms with Crippen molar-refractivity contribution in [3.63, 3.8) is 0 Å². The van der Waals surface area contributed by atoms with Gasteiger partial charge in [-0.1, -0.05) is 36.9 Å². The molecule has 0 amide bonds. The maximum Gasteiger partial charge on any atom is 0.341 e. The Hall–Kier alpha value is -3.41. The Balaban J connectivity index is 1.92. The SMILES string of the molecule is C=CC(=O)OCCCOc1ccc(C=O)cc1C(=O)OCCc1ccccc1. The highest BCUT2D eigenvalue weighted by Crippen LogP contribution is 2.21. The molecule has 0 saturated carbocycles. The van der Waals surface area contributed by atoms with Crippen LogP contribution in [-0.2, 0) is 20.7 Å². The van der Waals surface area contributed by atoms with Crippen LogP contribution in [0.15, 0.2) is 61.2 Å². The van der Waals surface area contributed by atoms with Gasteiger partial charge in [0.1, 0.15) is 17.6 Å². The average Bonchev–Trinajstić information content (AvgIpc) is 2.74. The highest BCUT2D eigenvalue weighted by atomic mass is 16.5. The number of carbonyl (C=O) groups excluding carboxylic acids is 3. The van der Waals surface area contributed by atoms with Crippen LogP contribution in [0.25, 0.3) is 0 Å². The summed E-state index contributed by atoms with van der Waals surface area (Å²) in [5, 5.41) is 0. The fraction of sp³-hybridized carbons (Fsp3) is 0.227. The van der Waals surface area contributed by atoms with E-state index in [1.54, 1.807) is 12.1 Å². The molecule has 0 spiro atoms. The molecule has 0 atom stereocenters. The van der Waals surface area contributed by atoms with Crippen molar-refractivity contribution >= 4 is 18.2 Å². The Kier molecular flexibility index (Phi) is 8.46. The largest absolute Gasteiger partial charge is 0.493 e. The molecule has 0 bridgehead atoms. The number of carbonyl (C=O) groups is 3. The van der Waals surface area contributed by atoms with Gasteiger partial charge in [0, 0.05) is 24.5 Å². The van der Waals surface area contributed by atoms with Crippen molar-refractivity contribution in [1.82, 2.24) is 0 Å². The lowest BCUT2D eigenvalue weighted by atomic mass is 10.1. The number of esters is 2. The van der Waals surface area contributed by atoms with E-state index in [1.165, 1.54) is 6.07 Å². The van der Waals surface area contributed by atoms with Gasteiger partial charge in [-0.2, -0.15) is 0 Å². The summed E-state index contributed by atoms with van der Waals surface area (Å²) in [6.45, 7) is 3.93. The van der Waals surface area contributed by atoms with Crippen LogP contribution in [0, 0.1) is 0 Å². The zero-order valence-electron chi connectivity index (χ0n) is 15.5. The summed E-state index contributed by atoms with van der Waals surface area (Å²) in [5.41, 5.74) is 1.59. The van der Waals surface area contributed by atoms with Crippen LogP contribution in [-0.4, -0.2) is 38.0 Å². The van der Waals surface area contributed by atoms with E-state index in [0.29, 0.717) is 30.4 Å². The molecule has 2 aromatic carbocycles. The first-order valence-corrected chi connectivity index (χ1v) is 8.86. The van der Waals surface area contributed by atoms with E-state index in [0.717, 1.165) is 11.6 Å². The first kappa shape index (κ1) is 20.9. The third-order valence-corrected chi connectivity index (χ3v) is 3.78. The van der Waals surface area contributed by atoms with Gasteiger partial charge in [0.25, 0.3) is 0 Å². The van der Waals surface area contributed by atoms with Crippen LogP contribution in [0.1, 0.15) is 32.7 Å². The normalized spacial score (nSPS) is 10.0. The molecule has 2 rings (SSSR count). The zero-order chi connectivity index (χ0) is 20.2. The lowest BCUT2D eigenvalue weighted by Crippen LogP contribution is -2.12. The van der Waals surface area contributed by atoms with Gasteiger partial charge >= 0.3 is 11.9 Å². The van der Waals surface area contributed by atoms with E-state index in [1.807, 2.05) is 30.3 Å². The number of hydrogen-bond donors (Lipinski definition) is 0. The summed E-state index contributed by atoms with van der Waals surface area (Å²) in [5.74, 6) is -0.754. The molecule has 0 aromatic heterocycles. The number of ether oxygens (including phenoxy) is 3. The molecule has 0 radical (unpaired) electrons. The molecule has 0 aliphatic rings. The van der Waals surface area contributed by atoms with Gasteiger partial charge in [-0.15, -0.1) is 0 Å². The number of rotatable bonds is 11. The summed E-state index contributed by atoms with van der Waals surface area (Å²) < 4.78 is 15.8. The Morgan fingerprint density at radius 1 is 0.964 bits per heavy atom. The monoisotopic (exact) mass is 382 g/mol. The molecule has 0 unspecified atom stereocenters. The van der Waals surface area contributed by atoms with Crippen molar-refractivity contribution in [3.05, 3.63) is 77.9 Å². The van der Waals surface area contributed by atoms with Crippen molar-refractivity contribution in [2.24, 2.45) is 0 Å². The van der Waals surface area contributed by atoms with Gasteiger partial charge in [-0.25, -0.2) is 9.59 Å². The smallest absolute Gasteiger partial charge is 0.341 e. The Bertz CT molecular complexity index is 813. The van der Waals surface area contributed by atoms with Crippen molar-refractivity contribution in [1.29, 1.82) is 0 Å². The average molecular weight is 382 g/mol. The molecule has 0 aliphatic heterocycles. The Labute approximate surface area is 163 Å². The van der Waals surface area contributed by atoms with Crippen LogP contribution in [0.3, 0.4) is 0 Å². The standard InChI is InChI=1S/C22H22O6/c1-2-21(24)27-13-6-12-26-20-10-9-18(16-23)15-19(20)22(25)28-14-11-17-7-4-3-5-8-17/h2-5,7-10,15-16H,1,6,11-14H2. The predicted octanol–water partition coefficient (Wildman–Crippen LogP) is 3.40. The second kappa shape index (κ2) is 11.3. The molecule has 2 aromatic rings. The zero-order valence-corrected chi connectivity index (χ0v) is 15.5. The van der Waals surface area contributed by atoms with E-state index < -0.39 is 11.9 Å². The van der Waals surface area contributed by atoms with E-state index in [9.17, 15) is 14.4 Å². The minimum absolute atomic E-state index is 0.175. The van der Waals surface area contributed by atoms with Gasteiger partial charge in [0.05, 0.1) is 19.8 Å². The van der Waals surface area contributed by atoms with Crippen LogP contribution in [0.5, 0.6) is 5.75 Å². The fourth-order valence-electron chi connectivity index (χ4n) is 2.36. The Morgan fingerprint density at radius 2 is 1.75 bits per heavy atom. The molecule has 146 valence electrons. The van der Waals surface area contributed by atoms with Gasteiger partial charge in [-0.3, -0.25) is 4.79 Å². The summed E-state index contributed by atoms with van der Waals surface area (Å²) in [4.78, 5) is 34.5. The molecular formula is C22H22O6. The highest BCUT2D eigenvalue weighted by Gasteiger charge is 2.15. The summed E-state index contributed by atoms with van der Waals surface area (Å²) >= 11 is 0. The topological polar surface area (TPSA) is 78.9 Å². The van der Waals surface area contributed by atoms with Crippen molar-refractivity contribution < 1.29 is 28.6 Å². The summed E-state index contributed by atoms with van der Waals surface area (Å²) in [6.07, 6.45) is 2.77. The molecule has 6 heteroatoms. The minimum atomic E-state index is -0.562. The van der Waals surface area contributed by atoms with E-state index in [-0.39, 0.29) is 25.4 Å². The molecule has 0 heterocycles. The van der Waals surface area contributed by atoms with Crippen LogP contribution >= 0.6 is 0 Å². The fourth-order valence-corrected chi connectivity index (χ4v) is 2.36. The summed E-state index contributed by atoms with van der Waals surface area (Å²) in [6, 6.07) is 14.2. The van der Waals surface area contributed by atoms with E-state index >= 15 is 0 Å². The van der Waals surface area contributed by atoms with Crippen molar-refractivity contribution in [2.75, 3.05) is 19.8 Å². The van der Waals surface area contributed by atoms with Gasteiger partial charge in [0.2, 0.25) is 0 Å². The van der Waals surface area contributed by atoms with Gasteiger partial charge in [0.15, 0.2) is 0 Å². The number of hydrogen-bond acceptors (Lipinski definition) is 6. The third-order valence-electron chi connectivity index (χ3n) is 3.78. The quantitative estimate of drug-likeness (QED) is 0.257. The van der Waals surface area contributed by atoms with Crippen molar-refractivity contribution in [2.45, 2.75) is 12.8 Å². The van der Waals surface area contributed by atoms with Crippen LogP contribution < -0.4 is 4.74 Å². The maximum absolute atomic E-state index is 12.4. The van der Waals surface area contributed by atoms with Crippen LogP contribution in [0.2, 0.25) is 0 Å². The second-order valence-electron chi connectivity index (χ2n) is 5.82. The first-order valence-electron chi connectivity index (χ1n) is 8.86.